The third kappa shape index (κ3) is 1.92. The van der Waals surface area contributed by atoms with Crippen molar-refractivity contribution in [3.05, 3.63) is 59.9 Å². The lowest BCUT2D eigenvalue weighted by molar-refractivity contribution is -0.143. The van der Waals surface area contributed by atoms with Gasteiger partial charge in [0, 0.05) is 18.5 Å². The number of para-hydroxylation sites is 1. The molecular formula is C18H13FN2O4. The minimum Gasteiger partial charge on any atom is -0.478 e. The van der Waals surface area contributed by atoms with Gasteiger partial charge in [-0.25, -0.2) is 9.18 Å². The third-order valence-electron chi connectivity index (χ3n) is 4.68. The summed E-state index contributed by atoms with van der Waals surface area (Å²) >= 11 is 0. The minimum atomic E-state index is -1.85. The van der Waals surface area contributed by atoms with Crippen LogP contribution in [0.25, 0.3) is 0 Å². The Morgan fingerprint density at radius 1 is 1.04 bits per heavy atom. The van der Waals surface area contributed by atoms with Crippen molar-refractivity contribution >= 4 is 29.2 Å². The van der Waals surface area contributed by atoms with Gasteiger partial charge in [-0.2, -0.15) is 0 Å². The highest BCUT2D eigenvalue weighted by molar-refractivity contribution is 6.22. The number of amides is 2. The lowest BCUT2D eigenvalue weighted by atomic mass is 9.95. The monoisotopic (exact) mass is 340 g/mol. The number of benzene rings is 2. The van der Waals surface area contributed by atoms with Crippen molar-refractivity contribution in [1.29, 1.82) is 0 Å². The predicted octanol–water partition coefficient (Wildman–Crippen LogP) is 2.39. The van der Waals surface area contributed by atoms with E-state index in [1.54, 1.807) is 24.3 Å². The first-order valence-corrected chi connectivity index (χ1v) is 7.72. The van der Waals surface area contributed by atoms with Gasteiger partial charge in [-0.3, -0.25) is 19.4 Å². The Bertz CT molecular complexity index is 912. The molecule has 0 aliphatic carbocycles. The molecule has 1 saturated heterocycles. The molecule has 2 amide bonds. The van der Waals surface area contributed by atoms with Crippen LogP contribution in [0.3, 0.4) is 0 Å². The van der Waals surface area contributed by atoms with Crippen molar-refractivity contribution in [1.82, 2.24) is 0 Å². The number of halogens is 1. The van der Waals surface area contributed by atoms with Gasteiger partial charge in [-0.15, -0.1) is 0 Å². The highest BCUT2D eigenvalue weighted by Gasteiger charge is 2.61. The summed E-state index contributed by atoms with van der Waals surface area (Å²) in [4.78, 5) is 40.1. The number of carboxylic acid groups (broad SMARTS) is 1. The number of nitrogens with zero attached hydrogens (tertiary/aromatic N) is 2. The van der Waals surface area contributed by atoms with E-state index in [1.807, 2.05) is 0 Å². The van der Waals surface area contributed by atoms with E-state index in [9.17, 15) is 23.9 Å². The molecule has 0 saturated carbocycles. The molecular weight excluding hydrogens is 327 g/mol. The van der Waals surface area contributed by atoms with Crippen LogP contribution >= 0.6 is 0 Å². The summed E-state index contributed by atoms with van der Waals surface area (Å²) in [7, 11) is 0. The Morgan fingerprint density at radius 2 is 1.72 bits per heavy atom. The van der Waals surface area contributed by atoms with Gasteiger partial charge in [-0.05, 0) is 36.4 Å². The Morgan fingerprint density at radius 3 is 2.40 bits per heavy atom. The maximum Gasteiger partial charge on any atom is 0.351 e. The maximum atomic E-state index is 13.3. The third-order valence-corrected chi connectivity index (χ3v) is 4.68. The van der Waals surface area contributed by atoms with Crippen molar-refractivity contribution in [2.24, 2.45) is 0 Å². The topological polar surface area (TPSA) is 77.9 Å². The zero-order valence-corrected chi connectivity index (χ0v) is 13.0. The zero-order valence-electron chi connectivity index (χ0n) is 13.0. The largest absolute Gasteiger partial charge is 0.478 e. The number of hydrogen-bond acceptors (Lipinski definition) is 3. The summed E-state index contributed by atoms with van der Waals surface area (Å²) in [5, 5.41) is 9.98. The second kappa shape index (κ2) is 5.14. The molecule has 2 aromatic carbocycles. The van der Waals surface area contributed by atoms with Gasteiger partial charge in [-0.1, -0.05) is 12.1 Å². The smallest absolute Gasteiger partial charge is 0.351 e. The number of carbonyl (C=O) groups is 3. The highest BCUT2D eigenvalue weighted by Crippen LogP contribution is 2.46. The molecule has 2 aliphatic heterocycles. The molecule has 1 fully saturated rings. The van der Waals surface area contributed by atoms with Gasteiger partial charge in [0.05, 0.1) is 11.3 Å². The van der Waals surface area contributed by atoms with Crippen molar-refractivity contribution in [3.8, 4) is 0 Å². The average molecular weight is 340 g/mol. The minimum absolute atomic E-state index is 0.00556. The van der Waals surface area contributed by atoms with E-state index >= 15 is 0 Å². The standard InChI is InChI=1S/C18H13FN2O4/c19-11-5-7-12(8-6-11)20-16(23)13-3-1-2-4-14(13)21-15(22)9-10-18(20,21)17(24)25/h1-8H,9-10H2,(H,24,25). The Hall–Kier alpha value is -3.22. The van der Waals surface area contributed by atoms with Crippen LogP contribution in [0.1, 0.15) is 23.2 Å². The van der Waals surface area contributed by atoms with Gasteiger partial charge < -0.3 is 5.11 Å². The second-order valence-electron chi connectivity index (χ2n) is 5.99. The summed E-state index contributed by atoms with van der Waals surface area (Å²) in [5.41, 5.74) is -1.10. The van der Waals surface area contributed by atoms with Gasteiger partial charge in [0.2, 0.25) is 11.6 Å². The summed E-state index contributed by atoms with van der Waals surface area (Å²) in [6.07, 6.45) is -0.0375. The van der Waals surface area contributed by atoms with Crippen molar-refractivity contribution < 1.29 is 23.9 Å². The molecule has 4 rings (SSSR count). The van der Waals surface area contributed by atoms with E-state index in [4.69, 9.17) is 0 Å². The number of carboxylic acids is 1. The second-order valence-corrected chi connectivity index (χ2v) is 5.99. The fraction of sp³-hybridized carbons (Fsp3) is 0.167. The average Bonchev–Trinajstić information content (AvgIpc) is 2.95. The first-order chi connectivity index (χ1) is 12.0. The Kier molecular flexibility index (Phi) is 3.15. The van der Waals surface area contributed by atoms with Crippen molar-refractivity contribution in [2.45, 2.75) is 18.5 Å². The van der Waals surface area contributed by atoms with Crippen LogP contribution in [0.2, 0.25) is 0 Å². The fourth-order valence-electron chi connectivity index (χ4n) is 3.61. The van der Waals surface area contributed by atoms with Crippen LogP contribution in [0.15, 0.2) is 48.5 Å². The SMILES string of the molecule is O=C1c2ccccc2N2C(=O)CCC2(C(=O)O)N1c1ccc(F)cc1. The van der Waals surface area contributed by atoms with Crippen molar-refractivity contribution in [3.63, 3.8) is 0 Å². The summed E-state index contributed by atoms with van der Waals surface area (Å²) < 4.78 is 13.3. The molecule has 0 radical (unpaired) electrons. The fourth-order valence-corrected chi connectivity index (χ4v) is 3.61. The molecule has 2 aliphatic rings. The van der Waals surface area contributed by atoms with Crippen LogP contribution in [-0.2, 0) is 9.59 Å². The number of fused-ring (bicyclic) bond motifs is 3. The van der Waals surface area contributed by atoms with Gasteiger partial charge in [0.25, 0.3) is 5.91 Å². The van der Waals surface area contributed by atoms with E-state index in [0.717, 1.165) is 17.0 Å². The molecule has 0 bridgehead atoms. The summed E-state index contributed by atoms with van der Waals surface area (Å²) in [6.45, 7) is 0. The quantitative estimate of drug-likeness (QED) is 0.911. The van der Waals surface area contributed by atoms with E-state index in [-0.39, 0.29) is 35.7 Å². The lowest BCUT2D eigenvalue weighted by Gasteiger charge is -2.47. The number of aliphatic carboxylic acids is 1. The van der Waals surface area contributed by atoms with E-state index in [0.29, 0.717) is 0 Å². The zero-order chi connectivity index (χ0) is 17.8. The van der Waals surface area contributed by atoms with Gasteiger partial charge in [0.15, 0.2) is 0 Å². The molecule has 6 nitrogen and oxygen atoms in total. The number of anilines is 2. The normalized spacial score (nSPS) is 22.0. The first-order valence-electron chi connectivity index (χ1n) is 7.72. The van der Waals surface area contributed by atoms with Crippen LogP contribution < -0.4 is 9.80 Å². The number of hydrogen-bond donors (Lipinski definition) is 1. The summed E-state index contributed by atoms with van der Waals surface area (Å²) in [5.74, 6) is -2.70. The lowest BCUT2D eigenvalue weighted by Crippen LogP contribution is -2.68. The molecule has 2 aromatic rings. The Labute approximate surface area is 142 Å². The molecule has 126 valence electrons. The van der Waals surface area contributed by atoms with Crippen molar-refractivity contribution in [2.75, 3.05) is 9.80 Å². The molecule has 2 heterocycles. The number of carbonyl (C=O) groups excluding carboxylic acids is 2. The predicted molar refractivity (Wildman–Crippen MR) is 86.7 cm³/mol. The van der Waals surface area contributed by atoms with E-state index < -0.39 is 23.4 Å². The van der Waals surface area contributed by atoms with Gasteiger partial charge in [0.1, 0.15) is 5.82 Å². The van der Waals surface area contributed by atoms with E-state index in [2.05, 4.69) is 0 Å². The molecule has 1 N–H and O–H groups in total. The van der Waals surface area contributed by atoms with Crippen LogP contribution in [0, 0.1) is 5.82 Å². The Balaban J connectivity index is 2.02. The van der Waals surface area contributed by atoms with Crippen LogP contribution in [0.4, 0.5) is 15.8 Å². The van der Waals surface area contributed by atoms with Gasteiger partial charge >= 0.3 is 5.97 Å². The molecule has 25 heavy (non-hydrogen) atoms. The summed E-state index contributed by atoms with van der Waals surface area (Å²) in [6, 6.07) is 11.4. The van der Waals surface area contributed by atoms with Crippen LogP contribution in [0.5, 0.6) is 0 Å². The molecule has 7 heteroatoms. The molecule has 0 spiro atoms. The molecule has 1 unspecified atom stereocenters. The first kappa shape index (κ1) is 15.3. The van der Waals surface area contributed by atoms with E-state index in [1.165, 1.54) is 17.0 Å². The number of rotatable bonds is 2. The maximum absolute atomic E-state index is 13.3. The highest BCUT2D eigenvalue weighted by atomic mass is 19.1. The van der Waals surface area contributed by atoms with Crippen LogP contribution in [-0.4, -0.2) is 28.6 Å². The molecule has 0 aromatic heterocycles. The molecule has 1 atom stereocenters.